The van der Waals surface area contributed by atoms with Crippen LogP contribution in [0.5, 0.6) is 5.75 Å². The van der Waals surface area contributed by atoms with Crippen LogP contribution in [0.25, 0.3) is 11.1 Å². The molecule has 2 aliphatic heterocycles. The predicted octanol–water partition coefficient (Wildman–Crippen LogP) is 2.29. The third-order valence-corrected chi connectivity index (χ3v) is 4.19. The molecule has 4 heteroatoms. The molecule has 0 saturated heterocycles. The molecule has 0 bridgehead atoms. The second kappa shape index (κ2) is 4.07. The quantitative estimate of drug-likeness (QED) is 0.861. The summed E-state index contributed by atoms with van der Waals surface area (Å²) in [6.45, 7) is 0.686. The van der Waals surface area contributed by atoms with Gasteiger partial charge in [0.25, 0.3) is 0 Å². The third-order valence-electron chi connectivity index (χ3n) is 4.19. The van der Waals surface area contributed by atoms with Crippen LogP contribution in [0.1, 0.15) is 17.5 Å². The molecule has 2 aliphatic rings. The third kappa shape index (κ3) is 1.48. The summed E-state index contributed by atoms with van der Waals surface area (Å²) >= 11 is 0. The lowest BCUT2D eigenvalue weighted by molar-refractivity contribution is -0.118. The first kappa shape index (κ1) is 11.5. The molecule has 100 valence electrons. The smallest absolute Gasteiger partial charge is 0.227 e. The molecule has 1 aromatic carbocycles. The van der Waals surface area contributed by atoms with Crippen molar-refractivity contribution >= 4 is 11.6 Å². The molecule has 4 rings (SSSR count). The average molecular weight is 266 g/mol. The van der Waals surface area contributed by atoms with E-state index in [2.05, 4.69) is 4.98 Å². The van der Waals surface area contributed by atoms with E-state index in [1.807, 2.05) is 23.1 Å². The van der Waals surface area contributed by atoms with Gasteiger partial charge in [-0.25, -0.2) is 0 Å². The highest BCUT2D eigenvalue weighted by molar-refractivity contribution is 6.00. The van der Waals surface area contributed by atoms with E-state index >= 15 is 0 Å². The summed E-state index contributed by atoms with van der Waals surface area (Å²) in [5, 5.41) is 10.5. The SMILES string of the molecule is O=C1CCc2cc(-c3cccnc3)c(O)c3c2N1CC3. The number of carbonyl (C=O) groups is 1. The molecular weight excluding hydrogens is 252 g/mol. The molecule has 0 unspecified atom stereocenters. The van der Waals surface area contributed by atoms with E-state index in [0.717, 1.165) is 40.8 Å². The number of aromatic nitrogens is 1. The van der Waals surface area contributed by atoms with Crippen LogP contribution in [0.15, 0.2) is 30.6 Å². The minimum Gasteiger partial charge on any atom is -0.507 e. The van der Waals surface area contributed by atoms with E-state index in [1.54, 1.807) is 12.4 Å². The number of hydrogen-bond acceptors (Lipinski definition) is 3. The summed E-state index contributed by atoms with van der Waals surface area (Å²) in [5.41, 5.74) is 4.76. The summed E-state index contributed by atoms with van der Waals surface area (Å²) in [5.74, 6) is 0.471. The summed E-state index contributed by atoms with van der Waals surface area (Å²) in [4.78, 5) is 17.9. The largest absolute Gasteiger partial charge is 0.507 e. The van der Waals surface area contributed by atoms with Gasteiger partial charge in [-0.2, -0.15) is 0 Å². The number of aromatic hydroxyl groups is 1. The van der Waals surface area contributed by atoms with Crippen LogP contribution in [0, 0.1) is 0 Å². The molecule has 1 aromatic heterocycles. The molecule has 0 atom stereocenters. The lowest BCUT2D eigenvalue weighted by atomic mass is 9.93. The van der Waals surface area contributed by atoms with Gasteiger partial charge in [0, 0.05) is 42.0 Å². The van der Waals surface area contributed by atoms with Gasteiger partial charge in [-0.15, -0.1) is 0 Å². The standard InChI is InChI=1S/C16H14N2O2/c19-14-4-3-10-8-13(11-2-1-6-17-9-11)16(20)12-5-7-18(14)15(10)12/h1-2,6,8-9,20H,3-5,7H2. The number of amides is 1. The van der Waals surface area contributed by atoms with Crippen molar-refractivity contribution in [3.05, 3.63) is 41.7 Å². The molecule has 2 aromatic rings. The van der Waals surface area contributed by atoms with Gasteiger partial charge in [-0.1, -0.05) is 6.07 Å². The summed E-state index contributed by atoms with van der Waals surface area (Å²) in [7, 11) is 0. The Labute approximate surface area is 116 Å². The maximum Gasteiger partial charge on any atom is 0.227 e. The Kier molecular flexibility index (Phi) is 2.33. The summed E-state index contributed by atoms with van der Waals surface area (Å²) < 4.78 is 0. The van der Waals surface area contributed by atoms with Crippen molar-refractivity contribution in [2.45, 2.75) is 19.3 Å². The van der Waals surface area contributed by atoms with Crippen LogP contribution in [-0.4, -0.2) is 22.5 Å². The van der Waals surface area contributed by atoms with Gasteiger partial charge in [-0.05, 0) is 30.5 Å². The summed E-state index contributed by atoms with van der Waals surface area (Å²) in [6, 6.07) is 5.82. The zero-order valence-corrected chi connectivity index (χ0v) is 11.0. The Bertz CT molecular complexity index is 710. The van der Waals surface area contributed by atoms with Crippen LogP contribution < -0.4 is 4.90 Å². The van der Waals surface area contributed by atoms with E-state index in [0.29, 0.717) is 18.7 Å². The zero-order chi connectivity index (χ0) is 13.7. The number of phenolic OH excluding ortho intramolecular Hbond substituents is 1. The number of pyridine rings is 1. The fraction of sp³-hybridized carbons (Fsp3) is 0.250. The number of carbonyl (C=O) groups excluding carboxylic acids is 1. The van der Waals surface area contributed by atoms with Gasteiger partial charge >= 0.3 is 0 Å². The summed E-state index contributed by atoms with van der Waals surface area (Å²) in [6.07, 6.45) is 5.52. The van der Waals surface area contributed by atoms with Crippen molar-refractivity contribution in [3.63, 3.8) is 0 Å². The van der Waals surface area contributed by atoms with Gasteiger partial charge in [0.1, 0.15) is 5.75 Å². The molecule has 3 heterocycles. The van der Waals surface area contributed by atoms with Crippen LogP contribution in [-0.2, 0) is 17.6 Å². The van der Waals surface area contributed by atoms with Crippen molar-refractivity contribution in [2.75, 3.05) is 11.4 Å². The highest BCUT2D eigenvalue weighted by Crippen LogP contribution is 2.46. The fourth-order valence-electron chi connectivity index (χ4n) is 3.25. The van der Waals surface area contributed by atoms with Crippen LogP contribution in [0.3, 0.4) is 0 Å². The number of nitrogens with zero attached hydrogens (tertiary/aromatic N) is 2. The molecule has 20 heavy (non-hydrogen) atoms. The first-order chi connectivity index (χ1) is 9.75. The Balaban J connectivity index is 1.95. The Hall–Kier alpha value is -2.36. The van der Waals surface area contributed by atoms with Crippen molar-refractivity contribution in [1.82, 2.24) is 4.98 Å². The molecule has 0 saturated carbocycles. The highest BCUT2D eigenvalue weighted by atomic mass is 16.3. The number of anilines is 1. The second-order valence-electron chi connectivity index (χ2n) is 5.30. The minimum absolute atomic E-state index is 0.171. The van der Waals surface area contributed by atoms with Crippen molar-refractivity contribution in [3.8, 4) is 16.9 Å². The highest BCUT2D eigenvalue weighted by Gasteiger charge is 2.34. The normalized spacial score (nSPS) is 16.4. The number of phenols is 1. The molecule has 0 spiro atoms. The second-order valence-corrected chi connectivity index (χ2v) is 5.30. The number of aryl methyl sites for hydroxylation is 1. The van der Waals surface area contributed by atoms with Gasteiger partial charge in [-0.3, -0.25) is 9.78 Å². The van der Waals surface area contributed by atoms with Gasteiger partial charge in [0.05, 0.1) is 5.69 Å². The Morgan fingerprint density at radius 2 is 2.15 bits per heavy atom. The monoisotopic (exact) mass is 266 g/mol. The minimum atomic E-state index is 0.171. The molecule has 4 nitrogen and oxygen atoms in total. The molecule has 0 fully saturated rings. The lowest BCUT2D eigenvalue weighted by Crippen LogP contribution is -2.32. The van der Waals surface area contributed by atoms with Crippen molar-refractivity contribution in [1.29, 1.82) is 0 Å². The number of rotatable bonds is 1. The zero-order valence-electron chi connectivity index (χ0n) is 11.0. The molecule has 1 N–H and O–H groups in total. The van der Waals surface area contributed by atoms with E-state index in [9.17, 15) is 9.90 Å². The molecular formula is C16H14N2O2. The van der Waals surface area contributed by atoms with Crippen molar-refractivity contribution in [2.24, 2.45) is 0 Å². The molecule has 1 amide bonds. The first-order valence-electron chi connectivity index (χ1n) is 6.84. The number of hydrogen-bond donors (Lipinski definition) is 1. The lowest BCUT2D eigenvalue weighted by Gasteiger charge is -2.26. The van der Waals surface area contributed by atoms with E-state index in [4.69, 9.17) is 0 Å². The predicted molar refractivity (Wildman–Crippen MR) is 75.7 cm³/mol. The van der Waals surface area contributed by atoms with Crippen LogP contribution in [0.4, 0.5) is 5.69 Å². The fourth-order valence-corrected chi connectivity index (χ4v) is 3.25. The molecule has 0 aliphatic carbocycles. The van der Waals surface area contributed by atoms with Crippen LogP contribution >= 0.6 is 0 Å². The Morgan fingerprint density at radius 1 is 1.25 bits per heavy atom. The average Bonchev–Trinajstić information content (AvgIpc) is 2.93. The molecule has 0 radical (unpaired) electrons. The van der Waals surface area contributed by atoms with Gasteiger partial charge in [0.15, 0.2) is 0 Å². The van der Waals surface area contributed by atoms with Gasteiger partial charge in [0.2, 0.25) is 5.91 Å². The van der Waals surface area contributed by atoms with Crippen LogP contribution in [0.2, 0.25) is 0 Å². The topological polar surface area (TPSA) is 53.4 Å². The van der Waals surface area contributed by atoms with E-state index in [1.165, 1.54) is 0 Å². The van der Waals surface area contributed by atoms with E-state index < -0.39 is 0 Å². The first-order valence-corrected chi connectivity index (χ1v) is 6.84. The maximum absolute atomic E-state index is 11.9. The van der Waals surface area contributed by atoms with Crippen molar-refractivity contribution < 1.29 is 9.90 Å². The van der Waals surface area contributed by atoms with Gasteiger partial charge < -0.3 is 10.0 Å². The Morgan fingerprint density at radius 3 is 2.95 bits per heavy atom. The number of benzene rings is 1. The van der Waals surface area contributed by atoms with E-state index in [-0.39, 0.29) is 5.91 Å². The maximum atomic E-state index is 11.9.